The molecule has 1 aromatic carbocycles. The predicted octanol–water partition coefficient (Wildman–Crippen LogP) is 1.84. The van der Waals surface area contributed by atoms with Gasteiger partial charge in [-0.3, -0.25) is 0 Å². The summed E-state index contributed by atoms with van der Waals surface area (Å²) < 4.78 is 5.81. The summed E-state index contributed by atoms with van der Waals surface area (Å²) in [4.78, 5) is 0. The normalized spacial score (nSPS) is 12.4. The van der Waals surface area contributed by atoms with Gasteiger partial charge in [-0.25, -0.2) is 0 Å². The van der Waals surface area contributed by atoms with Crippen LogP contribution in [0.2, 0.25) is 0 Å². The fraction of sp³-hybridized carbons (Fsp3) is 0.455. The van der Waals surface area contributed by atoms with Crippen LogP contribution in [0.15, 0.2) is 22.7 Å². The zero-order chi connectivity index (χ0) is 12.0. The predicted molar refractivity (Wildman–Crippen MR) is 69.5 cm³/mol. The van der Waals surface area contributed by atoms with Gasteiger partial charge in [-0.15, -0.1) is 0 Å². The van der Waals surface area contributed by atoms with Crippen molar-refractivity contribution < 1.29 is 9.84 Å². The minimum Gasteiger partial charge on any atom is -0.397 e. The van der Waals surface area contributed by atoms with Gasteiger partial charge in [-0.05, 0) is 24.6 Å². The van der Waals surface area contributed by atoms with Crippen LogP contribution in [0.1, 0.15) is 6.42 Å². The second-order valence-corrected chi connectivity index (χ2v) is 4.47. The Morgan fingerprint density at radius 2 is 2.31 bits per heavy atom. The van der Waals surface area contributed by atoms with E-state index in [9.17, 15) is 5.11 Å². The van der Waals surface area contributed by atoms with Gasteiger partial charge < -0.3 is 20.9 Å². The topological polar surface area (TPSA) is 67.5 Å². The van der Waals surface area contributed by atoms with Crippen molar-refractivity contribution in [2.45, 2.75) is 12.5 Å². The molecule has 0 amide bonds. The molecule has 0 saturated carbocycles. The van der Waals surface area contributed by atoms with E-state index in [0.717, 1.165) is 10.2 Å². The van der Waals surface area contributed by atoms with Gasteiger partial charge >= 0.3 is 0 Å². The number of nitrogen functional groups attached to an aromatic ring is 1. The molecule has 1 unspecified atom stereocenters. The second kappa shape index (κ2) is 6.73. The Kier molecular flexibility index (Phi) is 5.59. The van der Waals surface area contributed by atoms with Crippen LogP contribution in [-0.2, 0) is 4.74 Å². The van der Waals surface area contributed by atoms with Gasteiger partial charge in [-0.2, -0.15) is 0 Å². The Labute approximate surface area is 104 Å². The SMILES string of the molecule is COCC(O)CCNc1cc(Br)ccc1N. The number of methoxy groups -OCH3 is 1. The van der Waals surface area contributed by atoms with Crippen LogP contribution in [0.4, 0.5) is 11.4 Å². The lowest BCUT2D eigenvalue weighted by Gasteiger charge is -2.12. The smallest absolute Gasteiger partial charge is 0.0790 e. The minimum absolute atomic E-state index is 0.357. The number of nitrogens with one attached hydrogen (secondary N) is 1. The molecule has 0 bridgehead atoms. The zero-order valence-electron chi connectivity index (χ0n) is 9.24. The van der Waals surface area contributed by atoms with E-state index in [1.54, 1.807) is 7.11 Å². The molecule has 4 N–H and O–H groups in total. The minimum atomic E-state index is -0.439. The average molecular weight is 289 g/mol. The molecule has 16 heavy (non-hydrogen) atoms. The summed E-state index contributed by atoms with van der Waals surface area (Å²) >= 11 is 3.38. The first-order valence-electron chi connectivity index (χ1n) is 5.09. The highest BCUT2D eigenvalue weighted by Gasteiger charge is 2.04. The third-order valence-electron chi connectivity index (χ3n) is 2.17. The third-order valence-corrected chi connectivity index (χ3v) is 2.66. The summed E-state index contributed by atoms with van der Waals surface area (Å²) in [5.41, 5.74) is 7.37. The van der Waals surface area contributed by atoms with Crippen LogP contribution < -0.4 is 11.1 Å². The molecule has 0 aliphatic rings. The maximum atomic E-state index is 9.45. The number of aliphatic hydroxyl groups excluding tert-OH is 1. The summed E-state index contributed by atoms with van der Waals surface area (Å²) in [6.07, 6.45) is 0.186. The largest absolute Gasteiger partial charge is 0.397 e. The van der Waals surface area contributed by atoms with Crippen molar-refractivity contribution in [3.63, 3.8) is 0 Å². The molecule has 0 spiro atoms. The highest BCUT2D eigenvalue weighted by molar-refractivity contribution is 9.10. The molecule has 0 heterocycles. The molecular formula is C11H17BrN2O2. The molecule has 90 valence electrons. The van der Waals surface area contributed by atoms with Gasteiger partial charge in [0, 0.05) is 18.1 Å². The number of rotatable bonds is 6. The molecule has 1 aromatic rings. The number of ether oxygens (including phenoxy) is 1. The highest BCUT2D eigenvalue weighted by Crippen LogP contribution is 2.23. The van der Waals surface area contributed by atoms with Crippen molar-refractivity contribution >= 4 is 27.3 Å². The molecule has 5 heteroatoms. The number of benzene rings is 1. The first kappa shape index (κ1) is 13.3. The molecular weight excluding hydrogens is 272 g/mol. The van der Waals surface area contributed by atoms with Gasteiger partial charge in [-0.1, -0.05) is 15.9 Å². The lowest BCUT2D eigenvalue weighted by atomic mass is 10.2. The van der Waals surface area contributed by atoms with Crippen LogP contribution in [0, 0.1) is 0 Å². The average Bonchev–Trinajstić information content (AvgIpc) is 2.23. The second-order valence-electron chi connectivity index (χ2n) is 3.56. The molecule has 0 aromatic heterocycles. The maximum Gasteiger partial charge on any atom is 0.0790 e. The monoisotopic (exact) mass is 288 g/mol. The fourth-order valence-corrected chi connectivity index (χ4v) is 1.69. The third kappa shape index (κ3) is 4.38. The highest BCUT2D eigenvalue weighted by atomic mass is 79.9. The van der Waals surface area contributed by atoms with E-state index in [1.165, 1.54) is 0 Å². The number of aliphatic hydroxyl groups is 1. The van der Waals surface area contributed by atoms with Crippen LogP contribution in [-0.4, -0.2) is 31.5 Å². The first-order chi connectivity index (χ1) is 7.63. The van der Waals surface area contributed by atoms with Crippen LogP contribution >= 0.6 is 15.9 Å². The van der Waals surface area contributed by atoms with E-state index in [4.69, 9.17) is 10.5 Å². The molecule has 0 fully saturated rings. The Morgan fingerprint density at radius 3 is 3.00 bits per heavy atom. The molecule has 0 saturated heterocycles. The fourth-order valence-electron chi connectivity index (χ4n) is 1.33. The van der Waals surface area contributed by atoms with E-state index < -0.39 is 6.10 Å². The first-order valence-corrected chi connectivity index (χ1v) is 5.88. The van der Waals surface area contributed by atoms with E-state index in [1.807, 2.05) is 18.2 Å². The van der Waals surface area contributed by atoms with E-state index in [-0.39, 0.29) is 0 Å². The quantitative estimate of drug-likeness (QED) is 0.699. The van der Waals surface area contributed by atoms with Crippen molar-refractivity contribution in [3.8, 4) is 0 Å². The summed E-state index contributed by atoms with van der Waals surface area (Å²) in [5.74, 6) is 0. The van der Waals surface area contributed by atoms with Crippen LogP contribution in [0.3, 0.4) is 0 Å². The van der Waals surface area contributed by atoms with Gasteiger partial charge in [0.1, 0.15) is 0 Å². The number of hydrogen-bond donors (Lipinski definition) is 3. The summed E-state index contributed by atoms with van der Waals surface area (Å²) in [6.45, 7) is 1.01. The van der Waals surface area contributed by atoms with Crippen LogP contribution in [0.25, 0.3) is 0 Å². The van der Waals surface area contributed by atoms with E-state index in [0.29, 0.717) is 25.3 Å². The van der Waals surface area contributed by atoms with Gasteiger partial charge in [0.15, 0.2) is 0 Å². The summed E-state index contributed by atoms with van der Waals surface area (Å²) in [7, 11) is 1.57. The number of halogens is 1. The molecule has 1 atom stereocenters. The standard InChI is InChI=1S/C11H17BrN2O2/c1-16-7-9(15)4-5-14-11-6-8(12)2-3-10(11)13/h2-3,6,9,14-15H,4-5,7,13H2,1H3. The van der Waals surface area contributed by atoms with Gasteiger partial charge in [0.05, 0.1) is 24.1 Å². The molecule has 0 radical (unpaired) electrons. The van der Waals surface area contributed by atoms with Gasteiger partial charge in [0.25, 0.3) is 0 Å². The van der Waals surface area contributed by atoms with Gasteiger partial charge in [0.2, 0.25) is 0 Å². The van der Waals surface area contributed by atoms with E-state index in [2.05, 4.69) is 21.2 Å². The Hall–Kier alpha value is -0.780. The van der Waals surface area contributed by atoms with Crippen molar-refractivity contribution in [3.05, 3.63) is 22.7 Å². The van der Waals surface area contributed by atoms with Crippen molar-refractivity contribution in [1.82, 2.24) is 0 Å². The Bertz CT molecular complexity index is 334. The molecule has 1 rings (SSSR count). The van der Waals surface area contributed by atoms with E-state index >= 15 is 0 Å². The van der Waals surface area contributed by atoms with Crippen molar-refractivity contribution in [2.75, 3.05) is 31.3 Å². The number of anilines is 2. The lowest BCUT2D eigenvalue weighted by Crippen LogP contribution is -2.18. The summed E-state index contributed by atoms with van der Waals surface area (Å²) in [6, 6.07) is 5.64. The molecule has 0 aliphatic carbocycles. The Balaban J connectivity index is 2.39. The number of nitrogens with two attached hydrogens (primary N) is 1. The van der Waals surface area contributed by atoms with Crippen LogP contribution in [0.5, 0.6) is 0 Å². The number of hydrogen-bond acceptors (Lipinski definition) is 4. The maximum absolute atomic E-state index is 9.45. The molecule has 4 nitrogen and oxygen atoms in total. The molecule has 0 aliphatic heterocycles. The lowest BCUT2D eigenvalue weighted by molar-refractivity contribution is 0.0615. The van der Waals surface area contributed by atoms with Crippen molar-refractivity contribution in [1.29, 1.82) is 0 Å². The zero-order valence-corrected chi connectivity index (χ0v) is 10.8. The van der Waals surface area contributed by atoms with Crippen molar-refractivity contribution in [2.24, 2.45) is 0 Å². The summed E-state index contributed by atoms with van der Waals surface area (Å²) in [5, 5.41) is 12.6. The Morgan fingerprint density at radius 1 is 1.56 bits per heavy atom.